The van der Waals surface area contributed by atoms with Gasteiger partial charge in [0.2, 0.25) is 0 Å². The number of carboxylic acids is 1. The van der Waals surface area contributed by atoms with Gasteiger partial charge in [-0.3, -0.25) is 4.79 Å². The van der Waals surface area contributed by atoms with Gasteiger partial charge in [0.1, 0.15) is 0 Å². The number of aliphatic carboxylic acids is 1. The lowest BCUT2D eigenvalue weighted by Crippen LogP contribution is -2.46. The van der Waals surface area contributed by atoms with E-state index in [0.717, 1.165) is 6.42 Å². The number of amides is 1. The van der Waals surface area contributed by atoms with Crippen molar-refractivity contribution in [3.8, 4) is 0 Å². The third-order valence-electron chi connectivity index (χ3n) is 3.43. The first kappa shape index (κ1) is 13.8. The van der Waals surface area contributed by atoms with E-state index in [9.17, 15) is 14.7 Å². The Morgan fingerprint density at radius 2 is 1.88 bits per heavy atom. The predicted molar refractivity (Wildman–Crippen MR) is 62.8 cm³/mol. The minimum absolute atomic E-state index is 0.331. The summed E-state index contributed by atoms with van der Waals surface area (Å²) in [6, 6.07) is 0. The number of likely N-dealkylation sites (tertiary alicyclic amines) is 1. The van der Waals surface area contributed by atoms with Crippen LogP contribution in [0.2, 0.25) is 0 Å². The van der Waals surface area contributed by atoms with Gasteiger partial charge in [-0.1, -0.05) is 13.3 Å². The molecule has 0 radical (unpaired) electrons. The molecule has 0 aromatic carbocycles. The van der Waals surface area contributed by atoms with Crippen molar-refractivity contribution < 1.29 is 19.4 Å². The molecule has 0 aliphatic carbocycles. The summed E-state index contributed by atoms with van der Waals surface area (Å²) in [6.45, 7) is 5.06. The van der Waals surface area contributed by atoms with E-state index in [1.807, 2.05) is 6.92 Å². The summed E-state index contributed by atoms with van der Waals surface area (Å²) in [6.07, 6.45) is 2.25. The second-order valence-electron chi connectivity index (χ2n) is 4.52. The fourth-order valence-electron chi connectivity index (χ4n) is 2.38. The highest BCUT2D eigenvalue weighted by Gasteiger charge is 2.41. The zero-order valence-electron chi connectivity index (χ0n) is 10.6. The predicted octanol–water partition coefficient (Wildman–Crippen LogP) is 2.11. The zero-order chi connectivity index (χ0) is 12.9. The average Bonchev–Trinajstić information content (AvgIpc) is 2.30. The van der Waals surface area contributed by atoms with E-state index in [1.54, 1.807) is 11.8 Å². The van der Waals surface area contributed by atoms with E-state index < -0.39 is 11.4 Å². The van der Waals surface area contributed by atoms with Gasteiger partial charge in [-0.05, 0) is 26.2 Å². The number of carbonyl (C=O) groups excluding carboxylic acids is 1. The summed E-state index contributed by atoms with van der Waals surface area (Å²) in [5.74, 6) is -0.733. The number of piperidine rings is 1. The van der Waals surface area contributed by atoms with Gasteiger partial charge >= 0.3 is 12.1 Å². The summed E-state index contributed by atoms with van der Waals surface area (Å²) in [7, 11) is 0. The van der Waals surface area contributed by atoms with Crippen molar-refractivity contribution in [2.24, 2.45) is 5.41 Å². The van der Waals surface area contributed by atoms with Gasteiger partial charge in [-0.15, -0.1) is 0 Å². The van der Waals surface area contributed by atoms with Gasteiger partial charge in [0, 0.05) is 13.1 Å². The molecule has 0 spiro atoms. The Balaban J connectivity index is 2.58. The Bertz CT molecular complexity index is 282. The third kappa shape index (κ3) is 3.11. The van der Waals surface area contributed by atoms with Gasteiger partial charge in [0.25, 0.3) is 0 Å². The number of carbonyl (C=O) groups is 2. The summed E-state index contributed by atoms with van der Waals surface area (Å²) >= 11 is 0. The highest BCUT2D eigenvalue weighted by molar-refractivity contribution is 5.75. The summed E-state index contributed by atoms with van der Waals surface area (Å²) in [5, 5.41) is 9.31. The Kier molecular flexibility index (Phi) is 4.78. The quantitative estimate of drug-likeness (QED) is 0.821. The molecule has 0 atom stereocenters. The van der Waals surface area contributed by atoms with Crippen LogP contribution in [0.3, 0.4) is 0 Å². The number of carboxylic acid groups (broad SMARTS) is 1. The van der Waals surface area contributed by atoms with Crippen molar-refractivity contribution in [2.75, 3.05) is 19.7 Å². The second kappa shape index (κ2) is 5.89. The lowest BCUT2D eigenvalue weighted by molar-refractivity contribution is -0.152. The van der Waals surface area contributed by atoms with E-state index in [0.29, 0.717) is 39.0 Å². The first-order valence-corrected chi connectivity index (χ1v) is 6.21. The van der Waals surface area contributed by atoms with Crippen molar-refractivity contribution in [1.29, 1.82) is 0 Å². The van der Waals surface area contributed by atoms with Crippen LogP contribution < -0.4 is 0 Å². The standard InChI is InChI=1S/C12H21NO4/c1-3-5-12(10(14)15)6-8-13(9-7-12)11(16)17-4-2/h3-9H2,1-2H3,(H,14,15). The monoisotopic (exact) mass is 243 g/mol. The molecule has 0 aromatic rings. The lowest BCUT2D eigenvalue weighted by Gasteiger charge is -2.38. The van der Waals surface area contributed by atoms with Crippen LogP contribution in [0.15, 0.2) is 0 Å². The molecule has 1 aliphatic heterocycles. The van der Waals surface area contributed by atoms with E-state index in [1.165, 1.54) is 0 Å². The maximum absolute atomic E-state index is 11.5. The Morgan fingerprint density at radius 3 is 2.29 bits per heavy atom. The van der Waals surface area contributed by atoms with Crippen molar-refractivity contribution in [3.05, 3.63) is 0 Å². The molecule has 0 unspecified atom stereocenters. The van der Waals surface area contributed by atoms with E-state index in [2.05, 4.69) is 0 Å². The molecule has 98 valence electrons. The topological polar surface area (TPSA) is 66.8 Å². The van der Waals surface area contributed by atoms with Crippen LogP contribution in [0, 0.1) is 5.41 Å². The van der Waals surface area contributed by atoms with Gasteiger partial charge < -0.3 is 14.7 Å². The van der Waals surface area contributed by atoms with Gasteiger partial charge in [0.05, 0.1) is 12.0 Å². The molecule has 5 heteroatoms. The molecule has 17 heavy (non-hydrogen) atoms. The van der Waals surface area contributed by atoms with Crippen molar-refractivity contribution >= 4 is 12.1 Å². The van der Waals surface area contributed by atoms with Crippen molar-refractivity contribution in [1.82, 2.24) is 4.90 Å². The molecular formula is C12H21NO4. The van der Waals surface area contributed by atoms with Crippen molar-refractivity contribution in [3.63, 3.8) is 0 Å². The summed E-state index contributed by atoms with van der Waals surface area (Å²) in [4.78, 5) is 24.4. The molecular weight excluding hydrogens is 222 g/mol. The molecule has 1 fully saturated rings. The van der Waals surface area contributed by atoms with Crippen molar-refractivity contribution in [2.45, 2.75) is 39.5 Å². The minimum Gasteiger partial charge on any atom is -0.481 e. The second-order valence-corrected chi connectivity index (χ2v) is 4.52. The molecule has 0 bridgehead atoms. The number of hydrogen-bond acceptors (Lipinski definition) is 3. The molecule has 1 saturated heterocycles. The van der Waals surface area contributed by atoms with E-state index in [4.69, 9.17) is 4.74 Å². The average molecular weight is 243 g/mol. The zero-order valence-corrected chi connectivity index (χ0v) is 10.6. The van der Waals surface area contributed by atoms with Gasteiger partial charge in [0.15, 0.2) is 0 Å². The maximum atomic E-state index is 11.5. The van der Waals surface area contributed by atoms with Crippen LogP contribution in [-0.2, 0) is 9.53 Å². The molecule has 5 nitrogen and oxygen atoms in total. The highest BCUT2D eigenvalue weighted by atomic mass is 16.6. The van der Waals surface area contributed by atoms with E-state index >= 15 is 0 Å². The Hall–Kier alpha value is -1.26. The van der Waals surface area contributed by atoms with Crippen LogP contribution in [0.1, 0.15) is 39.5 Å². The number of rotatable bonds is 4. The fourth-order valence-corrected chi connectivity index (χ4v) is 2.38. The third-order valence-corrected chi connectivity index (χ3v) is 3.43. The molecule has 1 heterocycles. The number of hydrogen-bond donors (Lipinski definition) is 1. The first-order valence-electron chi connectivity index (χ1n) is 6.21. The molecule has 0 aromatic heterocycles. The maximum Gasteiger partial charge on any atom is 0.409 e. The number of ether oxygens (including phenoxy) is 1. The Labute approximate surface area is 102 Å². The minimum atomic E-state index is -0.733. The van der Waals surface area contributed by atoms with Gasteiger partial charge in [-0.2, -0.15) is 0 Å². The van der Waals surface area contributed by atoms with Crippen LogP contribution in [0.25, 0.3) is 0 Å². The van der Waals surface area contributed by atoms with E-state index in [-0.39, 0.29) is 6.09 Å². The van der Waals surface area contributed by atoms with Crippen LogP contribution in [-0.4, -0.2) is 41.8 Å². The molecule has 0 saturated carbocycles. The fraction of sp³-hybridized carbons (Fsp3) is 0.833. The molecule has 1 aliphatic rings. The van der Waals surface area contributed by atoms with Crippen LogP contribution in [0.4, 0.5) is 4.79 Å². The van der Waals surface area contributed by atoms with Gasteiger partial charge in [-0.25, -0.2) is 4.79 Å². The first-order chi connectivity index (χ1) is 8.05. The molecule has 1 N–H and O–H groups in total. The highest BCUT2D eigenvalue weighted by Crippen LogP contribution is 2.36. The lowest BCUT2D eigenvalue weighted by atomic mass is 9.75. The Morgan fingerprint density at radius 1 is 1.29 bits per heavy atom. The largest absolute Gasteiger partial charge is 0.481 e. The normalized spacial score (nSPS) is 18.8. The number of nitrogens with zero attached hydrogens (tertiary/aromatic N) is 1. The smallest absolute Gasteiger partial charge is 0.409 e. The SMILES string of the molecule is CCCC1(C(=O)O)CCN(C(=O)OCC)CC1. The molecule has 1 amide bonds. The molecule has 1 rings (SSSR count). The summed E-state index contributed by atoms with van der Waals surface area (Å²) < 4.78 is 4.91. The van der Waals surface area contributed by atoms with Crippen LogP contribution in [0.5, 0.6) is 0 Å². The summed E-state index contributed by atoms with van der Waals surface area (Å²) in [5.41, 5.74) is -0.641. The van der Waals surface area contributed by atoms with Crippen LogP contribution >= 0.6 is 0 Å².